The minimum absolute atomic E-state index is 0.105. The van der Waals surface area contributed by atoms with Crippen molar-refractivity contribution >= 4 is 17.4 Å². The molecule has 0 atom stereocenters. The van der Waals surface area contributed by atoms with Crippen LogP contribution in [0, 0.1) is 5.92 Å². The number of fused-ring (bicyclic) bond motifs is 1. The maximum absolute atomic E-state index is 13.1. The molecule has 2 N–H and O–H groups in total. The van der Waals surface area contributed by atoms with Crippen molar-refractivity contribution in [2.45, 2.75) is 45.1 Å². The van der Waals surface area contributed by atoms with Gasteiger partial charge in [0.15, 0.2) is 0 Å². The van der Waals surface area contributed by atoms with E-state index in [4.69, 9.17) is 4.74 Å². The van der Waals surface area contributed by atoms with Crippen molar-refractivity contribution in [1.29, 1.82) is 0 Å². The number of nitrogens with one attached hydrogen (secondary N) is 2. The maximum Gasteiger partial charge on any atom is 0.259 e. The number of aromatic nitrogens is 1. The molecule has 6 heteroatoms. The van der Waals surface area contributed by atoms with Gasteiger partial charge < -0.3 is 20.3 Å². The van der Waals surface area contributed by atoms with Crippen LogP contribution >= 0.6 is 0 Å². The van der Waals surface area contributed by atoms with E-state index in [1.165, 1.54) is 24.0 Å². The van der Waals surface area contributed by atoms with E-state index in [1.807, 2.05) is 18.2 Å². The van der Waals surface area contributed by atoms with Crippen molar-refractivity contribution in [1.82, 2.24) is 9.88 Å². The molecule has 2 aromatic carbocycles. The lowest BCUT2D eigenvalue weighted by Gasteiger charge is -2.40. The Morgan fingerprint density at radius 3 is 2.67 bits per heavy atom. The molecular formula is C30H36N4O2. The number of ether oxygens (including phenoxy) is 1. The molecule has 2 aliphatic rings. The van der Waals surface area contributed by atoms with Crippen LogP contribution in [-0.2, 0) is 18.4 Å². The van der Waals surface area contributed by atoms with Crippen molar-refractivity contribution in [3.05, 3.63) is 83.0 Å². The number of piperidine rings is 1. The zero-order chi connectivity index (χ0) is 25.1. The maximum atomic E-state index is 13.1. The first-order chi connectivity index (χ1) is 17.4. The first-order valence-electron chi connectivity index (χ1n) is 12.9. The Morgan fingerprint density at radius 1 is 1.11 bits per heavy atom. The van der Waals surface area contributed by atoms with Gasteiger partial charge >= 0.3 is 0 Å². The Balaban J connectivity index is 1.23. The van der Waals surface area contributed by atoms with Gasteiger partial charge in [0.2, 0.25) is 0 Å². The molecule has 1 saturated heterocycles. The molecular weight excluding hydrogens is 448 g/mol. The number of amides is 1. The van der Waals surface area contributed by atoms with E-state index in [1.54, 1.807) is 18.3 Å². The molecule has 0 aliphatic carbocycles. The van der Waals surface area contributed by atoms with Gasteiger partial charge in [0, 0.05) is 24.8 Å². The second-order valence-electron chi connectivity index (χ2n) is 10.6. The smallest absolute Gasteiger partial charge is 0.259 e. The lowest BCUT2D eigenvalue weighted by Crippen LogP contribution is -2.39. The molecule has 0 radical (unpaired) electrons. The molecule has 5 rings (SSSR count). The van der Waals surface area contributed by atoms with Gasteiger partial charge in [-0.2, -0.15) is 0 Å². The summed E-state index contributed by atoms with van der Waals surface area (Å²) in [6.07, 6.45) is 5.08. The minimum atomic E-state index is -0.171. The summed E-state index contributed by atoms with van der Waals surface area (Å²) in [6, 6.07) is 18.2. The van der Waals surface area contributed by atoms with Gasteiger partial charge in [-0.05, 0) is 91.3 Å². The highest BCUT2D eigenvalue weighted by atomic mass is 16.5. The number of anilines is 2. The van der Waals surface area contributed by atoms with Crippen LogP contribution < -0.4 is 15.4 Å². The van der Waals surface area contributed by atoms with E-state index in [-0.39, 0.29) is 11.3 Å². The van der Waals surface area contributed by atoms with Crippen molar-refractivity contribution in [2.24, 2.45) is 5.92 Å². The van der Waals surface area contributed by atoms with Crippen molar-refractivity contribution in [3.8, 4) is 5.75 Å². The lowest BCUT2D eigenvalue weighted by atomic mass is 9.69. The fourth-order valence-corrected chi connectivity index (χ4v) is 5.41. The summed E-state index contributed by atoms with van der Waals surface area (Å²) < 4.78 is 5.60. The third-order valence-electron chi connectivity index (χ3n) is 7.89. The van der Waals surface area contributed by atoms with Crippen molar-refractivity contribution in [3.63, 3.8) is 0 Å². The third-order valence-corrected chi connectivity index (χ3v) is 7.89. The van der Waals surface area contributed by atoms with Gasteiger partial charge in [0.1, 0.15) is 11.6 Å². The Hall–Kier alpha value is -3.38. The van der Waals surface area contributed by atoms with Crippen molar-refractivity contribution in [2.75, 3.05) is 37.4 Å². The Kier molecular flexibility index (Phi) is 6.97. The molecule has 2 aliphatic heterocycles. The van der Waals surface area contributed by atoms with Crippen LogP contribution in [0.25, 0.3) is 0 Å². The molecule has 0 spiro atoms. The van der Waals surface area contributed by atoms with Crippen LogP contribution in [0.2, 0.25) is 0 Å². The normalized spacial score (nSPS) is 16.3. The summed E-state index contributed by atoms with van der Waals surface area (Å²) in [5.74, 6) is 2.04. The zero-order valence-corrected chi connectivity index (χ0v) is 21.5. The van der Waals surface area contributed by atoms with Crippen LogP contribution in [0.5, 0.6) is 5.75 Å². The van der Waals surface area contributed by atoms with Gasteiger partial charge in [0.05, 0.1) is 12.2 Å². The van der Waals surface area contributed by atoms with Gasteiger partial charge in [-0.15, -0.1) is 0 Å². The average Bonchev–Trinajstić information content (AvgIpc) is 3.36. The van der Waals surface area contributed by atoms with Gasteiger partial charge in [-0.25, -0.2) is 4.98 Å². The summed E-state index contributed by atoms with van der Waals surface area (Å²) in [6.45, 7) is 8.34. The molecule has 1 amide bonds. The Bertz CT molecular complexity index is 1210. The molecule has 188 valence electrons. The molecule has 0 unspecified atom stereocenters. The molecule has 0 saturated carbocycles. The summed E-state index contributed by atoms with van der Waals surface area (Å²) in [5.41, 5.74) is 5.11. The van der Waals surface area contributed by atoms with E-state index in [0.717, 1.165) is 43.1 Å². The summed E-state index contributed by atoms with van der Waals surface area (Å²) in [7, 11) is 2.20. The van der Waals surface area contributed by atoms with Crippen LogP contribution in [0.1, 0.15) is 53.7 Å². The standard InChI is InChI=1S/C30H36N4O2/c1-30(2,24-12-16-34(3)17-13-24)23-7-9-25(10-8-23)33-29(35)26-5-4-15-31-28(26)32-20-21-6-11-27-22(19-21)14-18-36-27/h4-11,15,19,24H,12-14,16-18,20H2,1-3H3,(H,31,32)(H,33,35). The van der Waals surface area contributed by atoms with Crippen LogP contribution in [0.15, 0.2) is 60.8 Å². The number of nitrogens with zero attached hydrogens (tertiary/aromatic N) is 2. The van der Waals surface area contributed by atoms with E-state index < -0.39 is 0 Å². The third kappa shape index (κ3) is 5.24. The number of hydrogen-bond donors (Lipinski definition) is 2. The highest BCUT2D eigenvalue weighted by Crippen LogP contribution is 2.38. The van der Waals surface area contributed by atoms with E-state index in [2.05, 4.69) is 65.7 Å². The topological polar surface area (TPSA) is 66.5 Å². The van der Waals surface area contributed by atoms with Gasteiger partial charge in [-0.3, -0.25) is 4.79 Å². The molecule has 1 aromatic heterocycles. The number of hydrogen-bond acceptors (Lipinski definition) is 5. The molecule has 3 aromatic rings. The molecule has 0 bridgehead atoms. The number of likely N-dealkylation sites (tertiary alicyclic amines) is 1. The monoisotopic (exact) mass is 484 g/mol. The number of carbonyl (C=O) groups excluding carboxylic acids is 1. The summed E-state index contributed by atoms with van der Waals surface area (Å²) in [4.78, 5) is 20.0. The summed E-state index contributed by atoms with van der Waals surface area (Å²) in [5, 5.41) is 6.39. The predicted molar refractivity (Wildman–Crippen MR) is 145 cm³/mol. The molecule has 6 nitrogen and oxygen atoms in total. The van der Waals surface area contributed by atoms with E-state index in [9.17, 15) is 4.79 Å². The van der Waals surface area contributed by atoms with Gasteiger partial charge in [0.25, 0.3) is 5.91 Å². The highest BCUT2D eigenvalue weighted by Gasteiger charge is 2.33. The van der Waals surface area contributed by atoms with Crippen LogP contribution in [-0.4, -0.2) is 42.5 Å². The fourth-order valence-electron chi connectivity index (χ4n) is 5.41. The molecule has 1 fully saturated rings. The second-order valence-corrected chi connectivity index (χ2v) is 10.6. The van der Waals surface area contributed by atoms with E-state index in [0.29, 0.717) is 23.8 Å². The zero-order valence-electron chi connectivity index (χ0n) is 21.5. The quantitative estimate of drug-likeness (QED) is 0.464. The van der Waals surface area contributed by atoms with Crippen LogP contribution in [0.3, 0.4) is 0 Å². The number of rotatable bonds is 7. The predicted octanol–water partition coefficient (Wildman–Crippen LogP) is 5.50. The number of pyridine rings is 1. The minimum Gasteiger partial charge on any atom is -0.493 e. The fraction of sp³-hybridized carbons (Fsp3) is 0.400. The van der Waals surface area contributed by atoms with E-state index >= 15 is 0 Å². The first-order valence-corrected chi connectivity index (χ1v) is 12.9. The lowest BCUT2D eigenvalue weighted by molar-refractivity contribution is 0.102. The van der Waals surface area contributed by atoms with Crippen molar-refractivity contribution < 1.29 is 9.53 Å². The molecule has 3 heterocycles. The Morgan fingerprint density at radius 2 is 1.89 bits per heavy atom. The Labute approximate surface area is 214 Å². The first kappa shape index (κ1) is 24.3. The number of carbonyl (C=O) groups is 1. The highest BCUT2D eigenvalue weighted by molar-refractivity contribution is 6.07. The average molecular weight is 485 g/mol. The SMILES string of the molecule is CN1CCC(C(C)(C)c2ccc(NC(=O)c3cccnc3NCc3ccc4c(c3)CCO4)cc2)CC1. The largest absolute Gasteiger partial charge is 0.493 e. The summed E-state index contributed by atoms with van der Waals surface area (Å²) >= 11 is 0. The second kappa shape index (κ2) is 10.3. The van der Waals surface area contributed by atoms with Gasteiger partial charge in [-0.1, -0.05) is 38.1 Å². The number of benzene rings is 2. The van der Waals surface area contributed by atoms with Crippen LogP contribution in [0.4, 0.5) is 11.5 Å². The molecule has 36 heavy (non-hydrogen) atoms.